The zero-order chi connectivity index (χ0) is 14.5. The van der Waals surface area contributed by atoms with Gasteiger partial charge in [0.1, 0.15) is 10.8 Å². The van der Waals surface area contributed by atoms with Crippen molar-refractivity contribution < 1.29 is 4.79 Å². The predicted octanol–water partition coefficient (Wildman–Crippen LogP) is 3.88. The molecule has 3 heterocycles. The molecule has 0 aliphatic heterocycles. The zero-order valence-electron chi connectivity index (χ0n) is 10.9. The Morgan fingerprint density at radius 1 is 1.05 bits per heavy atom. The molecule has 2 amide bonds. The first-order chi connectivity index (χ1) is 10.3. The molecule has 0 spiro atoms. The van der Waals surface area contributed by atoms with E-state index in [0.29, 0.717) is 11.5 Å². The molecule has 3 aromatic heterocycles. The van der Waals surface area contributed by atoms with Crippen LogP contribution in [0.1, 0.15) is 7.43 Å². The third-order valence-electron chi connectivity index (χ3n) is 2.57. The number of pyridine rings is 2. The molecular weight excluding hydrogens is 298 g/mol. The molecule has 6 nitrogen and oxygen atoms in total. The first kappa shape index (κ1) is 15.6. The predicted molar refractivity (Wildman–Crippen MR) is 89.0 cm³/mol. The quantitative estimate of drug-likeness (QED) is 0.769. The number of anilines is 2. The van der Waals surface area contributed by atoms with E-state index in [4.69, 9.17) is 0 Å². The summed E-state index contributed by atoms with van der Waals surface area (Å²) < 4.78 is 0. The van der Waals surface area contributed by atoms with E-state index in [1.54, 1.807) is 42.3 Å². The molecular formula is C15H15N5OS. The van der Waals surface area contributed by atoms with Crippen molar-refractivity contribution in [3.8, 4) is 10.6 Å². The van der Waals surface area contributed by atoms with Gasteiger partial charge in [0.25, 0.3) is 0 Å². The Kier molecular flexibility index (Phi) is 5.16. The molecule has 0 bridgehead atoms. The second kappa shape index (κ2) is 7.28. The lowest BCUT2D eigenvalue weighted by molar-refractivity contribution is 0.262. The zero-order valence-corrected chi connectivity index (χ0v) is 11.7. The van der Waals surface area contributed by atoms with Crippen LogP contribution in [0, 0.1) is 0 Å². The molecule has 0 fully saturated rings. The second-order valence-electron chi connectivity index (χ2n) is 4.10. The van der Waals surface area contributed by atoms with Crippen LogP contribution in [0.3, 0.4) is 0 Å². The lowest BCUT2D eigenvalue weighted by Gasteiger charge is -2.04. The van der Waals surface area contributed by atoms with E-state index in [9.17, 15) is 4.79 Å². The number of rotatable bonds is 3. The van der Waals surface area contributed by atoms with Gasteiger partial charge in [-0.15, -0.1) is 11.3 Å². The van der Waals surface area contributed by atoms with E-state index in [1.807, 2.05) is 12.1 Å². The Balaban J connectivity index is 0.00000176. The standard InChI is InChI=1S/C14H11N5OS.CH4/c20-14(17-11-4-2-6-16-8-11)19-12-9-21-13(18-12)10-3-1-5-15-7-10;/h1-9H,(H2,17,19,20);1H4. The fourth-order valence-corrected chi connectivity index (χ4v) is 2.41. The van der Waals surface area contributed by atoms with Gasteiger partial charge >= 0.3 is 6.03 Å². The largest absolute Gasteiger partial charge is 0.324 e. The van der Waals surface area contributed by atoms with Gasteiger partial charge in [-0.05, 0) is 24.3 Å². The molecule has 2 N–H and O–H groups in total. The van der Waals surface area contributed by atoms with Crippen LogP contribution in [-0.4, -0.2) is 21.0 Å². The van der Waals surface area contributed by atoms with Crippen molar-refractivity contribution in [3.63, 3.8) is 0 Å². The van der Waals surface area contributed by atoms with Crippen LogP contribution in [0.2, 0.25) is 0 Å². The van der Waals surface area contributed by atoms with Crippen molar-refractivity contribution in [2.24, 2.45) is 0 Å². The molecule has 112 valence electrons. The highest BCUT2D eigenvalue weighted by Gasteiger charge is 2.08. The topological polar surface area (TPSA) is 79.8 Å². The van der Waals surface area contributed by atoms with Gasteiger partial charge < -0.3 is 5.32 Å². The monoisotopic (exact) mass is 313 g/mol. The molecule has 7 heteroatoms. The van der Waals surface area contributed by atoms with Crippen LogP contribution in [-0.2, 0) is 0 Å². The molecule has 0 aromatic carbocycles. The van der Waals surface area contributed by atoms with Crippen molar-refractivity contribution >= 4 is 28.9 Å². The summed E-state index contributed by atoms with van der Waals surface area (Å²) in [5, 5.41) is 7.95. The van der Waals surface area contributed by atoms with Crippen LogP contribution in [0.25, 0.3) is 10.6 Å². The lowest BCUT2D eigenvalue weighted by Crippen LogP contribution is -2.19. The third-order valence-corrected chi connectivity index (χ3v) is 3.47. The average Bonchev–Trinajstić information content (AvgIpc) is 2.97. The van der Waals surface area contributed by atoms with Crippen molar-refractivity contribution in [2.45, 2.75) is 7.43 Å². The molecule has 0 aliphatic rings. The van der Waals surface area contributed by atoms with E-state index >= 15 is 0 Å². The first-order valence-electron chi connectivity index (χ1n) is 6.15. The highest BCUT2D eigenvalue weighted by molar-refractivity contribution is 7.13. The van der Waals surface area contributed by atoms with Gasteiger partial charge in [-0.3, -0.25) is 15.3 Å². The van der Waals surface area contributed by atoms with Crippen LogP contribution in [0.4, 0.5) is 16.3 Å². The fourth-order valence-electron chi connectivity index (χ4n) is 1.67. The third kappa shape index (κ3) is 3.86. The lowest BCUT2D eigenvalue weighted by atomic mass is 10.3. The van der Waals surface area contributed by atoms with Crippen LogP contribution >= 0.6 is 11.3 Å². The van der Waals surface area contributed by atoms with Gasteiger partial charge in [0.2, 0.25) is 0 Å². The molecule has 0 aliphatic carbocycles. The summed E-state index contributed by atoms with van der Waals surface area (Å²) in [4.78, 5) is 24.2. The highest BCUT2D eigenvalue weighted by atomic mass is 32.1. The van der Waals surface area contributed by atoms with Crippen LogP contribution < -0.4 is 10.6 Å². The number of nitrogens with one attached hydrogen (secondary N) is 2. The number of thiazole rings is 1. The average molecular weight is 313 g/mol. The second-order valence-corrected chi connectivity index (χ2v) is 4.96. The summed E-state index contributed by atoms with van der Waals surface area (Å²) in [6.45, 7) is 0. The smallest absolute Gasteiger partial charge is 0.306 e. The van der Waals surface area contributed by atoms with E-state index in [1.165, 1.54) is 11.3 Å². The molecule has 0 saturated heterocycles. The fraction of sp³-hybridized carbons (Fsp3) is 0.0667. The minimum absolute atomic E-state index is 0. The maximum atomic E-state index is 11.8. The van der Waals surface area contributed by atoms with Crippen LogP contribution in [0.5, 0.6) is 0 Å². The molecule has 22 heavy (non-hydrogen) atoms. The molecule has 3 aromatic rings. The minimum Gasteiger partial charge on any atom is -0.306 e. The molecule has 0 saturated carbocycles. The highest BCUT2D eigenvalue weighted by Crippen LogP contribution is 2.24. The van der Waals surface area contributed by atoms with Crippen molar-refractivity contribution in [3.05, 3.63) is 54.4 Å². The summed E-state index contributed by atoms with van der Waals surface area (Å²) >= 11 is 1.44. The number of urea groups is 1. The van der Waals surface area contributed by atoms with E-state index < -0.39 is 0 Å². The number of amides is 2. The number of hydrogen-bond donors (Lipinski definition) is 2. The Bertz CT molecular complexity index is 730. The number of nitrogens with zero attached hydrogens (tertiary/aromatic N) is 3. The van der Waals surface area contributed by atoms with Crippen molar-refractivity contribution in [1.82, 2.24) is 15.0 Å². The molecule has 0 radical (unpaired) electrons. The van der Waals surface area contributed by atoms with Gasteiger partial charge in [-0.25, -0.2) is 9.78 Å². The normalized spacial score (nSPS) is 9.64. The Morgan fingerprint density at radius 3 is 2.50 bits per heavy atom. The minimum atomic E-state index is -0.356. The molecule has 0 unspecified atom stereocenters. The summed E-state index contributed by atoms with van der Waals surface area (Å²) in [5.41, 5.74) is 1.54. The number of aromatic nitrogens is 3. The summed E-state index contributed by atoms with van der Waals surface area (Å²) in [7, 11) is 0. The number of hydrogen-bond acceptors (Lipinski definition) is 5. The summed E-state index contributed by atoms with van der Waals surface area (Å²) in [6, 6.07) is 6.92. The van der Waals surface area contributed by atoms with Gasteiger partial charge in [-0.1, -0.05) is 7.43 Å². The van der Waals surface area contributed by atoms with Crippen LogP contribution in [0.15, 0.2) is 54.4 Å². The SMILES string of the molecule is C.O=C(Nc1cccnc1)Nc1csc(-c2cccnc2)n1. The van der Waals surface area contributed by atoms with Gasteiger partial charge in [0, 0.05) is 29.5 Å². The van der Waals surface area contributed by atoms with Crippen molar-refractivity contribution in [1.29, 1.82) is 0 Å². The van der Waals surface area contributed by atoms with E-state index in [2.05, 4.69) is 25.6 Å². The van der Waals surface area contributed by atoms with Crippen molar-refractivity contribution in [2.75, 3.05) is 10.6 Å². The first-order valence-corrected chi connectivity index (χ1v) is 7.03. The maximum absolute atomic E-state index is 11.8. The Labute approximate surface area is 132 Å². The van der Waals surface area contributed by atoms with Gasteiger partial charge in [0.05, 0.1) is 11.9 Å². The molecule has 0 atom stereocenters. The number of carbonyl (C=O) groups excluding carboxylic acids is 1. The molecule has 3 rings (SSSR count). The van der Waals surface area contributed by atoms with Gasteiger partial charge in [-0.2, -0.15) is 0 Å². The Morgan fingerprint density at radius 2 is 1.82 bits per heavy atom. The maximum Gasteiger partial charge on any atom is 0.324 e. The van der Waals surface area contributed by atoms with E-state index in [0.717, 1.165) is 10.6 Å². The van der Waals surface area contributed by atoms with Gasteiger partial charge in [0.15, 0.2) is 0 Å². The summed E-state index contributed by atoms with van der Waals surface area (Å²) in [6.07, 6.45) is 6.65. The summed E-state index contributed by atoms with van der Waals surface area (Å²) in [5.74, 6) is 0.500. The Hall–Kier alpha value is -2.80. The van der Waals surface area contributed by atoms with E-state index in [-0.39, 0.29) is 13.5 Å². The number of carbonyl (C=O) groups is 1.